The van der Waals surface area contributed by atoms with Crippen molar-refractivity contribution in [2.45, 2.75) is 6.42 Å². The highest BCUT2D eigenvalue weighted by atomic mass is 16.2. The molecule has 0 fully saturated rings. The van der Waals surface area contributed by atoms with E-state index in [1.54, 1.807) is 0 Å². The Morgan fingerprint density at radius 3 is 3.20 bits per heavy atom. The zero-order chi connectivity index (χ0) is 10.7. The Hall–Kier alpha value is -2.13. The van der Waals surface area contributed by atoms with Gasteiger partial charge in [0.25, 0.3) is 5.56 Å². The van der Waals surface area contributed by atoms with E-state index in [9.17, 15) is 4.79 Å². The molecule has 15 heavy (non-hydrogen) atoms. The molecule has 0 atom stereocenters. The van der Waals surface area contributed by atoms with Gasteiger partial charge in [0.1, 0.15) is 11.1 Å². The minimum Gasteiger partial charge on any atom is -0.395 e. The van der Waals surface area contributed by atoms with Gasteiger partial charge in [-0.1, -0.05) is 5.92 Å². The third-order valence-corrected chi connectivity index (χ3v) is 1.81. The normalized spacial score (nSPS) is 9.93. The van der Waals surface area contributed by atoms with Gasteiger partial charge in [-0.25, -0.2) is 4.98 Å². The molecule has 2 aromatic rings. The monoisotopic (exact) mass is 204 g/mol. The van der Waals surface area contributed by atoms with Crippen molar-refractivity contribution in [2.75, 3.05) is 6.61 Å². The van der Waals surface area contributed by atoms with E-state index in [2.05, 4.69) is 32.0 Å². The lowest BCUT2D eigenvalue weighted by atomic mass is 10.3. The maximum absolute atomic E-state index is 11.4. The van der Waals surface area contributed by atoms with Crippen LogP contribution in [-0.2, 0) is 0 Å². The zero-order valence-electron chi connectivity index (χ0n) is 7.74. The van der Waals surface area contributed by atoms with Gasteiger partial charge in [0.15, 0.2) is 5.65 Å². The Morgan fingerprint density at radius 2 is 2.40 bits per heavy atom. The molecule has 2 rings (SSSR count). The highest BCUT2D eigenvalue weighted by molar-refractivity contribution is 5.79. The summed E-state index contributed by atoms with van der Waals surface area (Å²) in [4.78, 5) is 17.8. The summed E-state index contributed by atoms with van der Waals surface area (Å²) in [6.45, 7) is -0.00996. The van der Waals surface area contributed by atoms with Gasteiger partial charge >= 0.3 is 0 Å². The standard InChI is InChI=1S/C9H8N4O2/c14-4-2-1-3-6-7-8(13-12-6)10-5-11-9(7)15/h5,14H,2,4H2,(H2,10,11,12,13,15). The first kappa shape index (κ1) is 9.43. The van der Waals surface area contributed by atoms with Gasteiger partial charge in [-0.3, -0.25) is 9.89 Å². The molecule has 6 nitrogen and oxygen atoms in total. The van der Waals surface area contributed by atoms with E-state index >= 15 is 0 Å². The molecule has 0 saturated heterocycles. The molecule has 2 heterocycles. The zero-order valence-corrected chi connectivity index (χ0v) is 7.74. The Morgan fingerprint density at radius 1 is 1.53 bits per heavy atom. The molecule has 0 amide bonds. The van der Waals surface area contributed by atoms with E-state index in [1.807, 2.05) is 0 Å². The minimum absolute atomic E-state index is 0.00996. The molecule has 0 saturated carbocycles. The molecule has 0 radical (unpaired) electrons. The van der Waals surface area contributed by atoms with Crippen LogP contribution in [0.5, 0.6) is 0 Å². The highest BCUT2D eigenvalue weighted by Crippen LogP contribution is 2.05. The molecule has 0 aromatic carbocycles. The molecule has 0 spiro atoms. The predicted octanol–water partition coefficient (Wildman–Crippen LogP) is -0.620. The van der Waals surface area contributed by atoms with Gasteiger partial charge in [0.2, 0.25) is 0 Å². The van der Waals surface area contributed by atoms with E-state index < -0.39 is 0 Å². The number of aliphatic hydroxyl groups excluding tert-OH is 1. The van der Waals surface area contributed by atoms with Crippen molar-refractivity contribution in [3.05, 3.63) is 22.4 Å². The molecule has 2 aromatic heterocycles. The number of fused-ring (bicyclic) bond motifs is 1. The molecular formula is C9H8N4O2. The summed E-state index contributed by atoms with van der Waals surface area (Å²) in [5.41, 5.74) is 0.488. The Labute approximate surface area is 84.4 Å². The summed E-state index contributed by atoms with van der Waals surface area (Å²) in [7, 11) is 0. The number of aromatic nitrogens is 4. The fourth-order valence-electron chi connectivity index (χ4n) is 1.16. The SMILES string of the molecule is O=c1[nH]cnc2[nH]nc(C#CCCO)c12. The van der Waals surface area contributed by atoms with Crippen molar-refractivity contribution < 1.29 is 5.11 Å². The average Bonchev–Trinajstić information content (AvgIpc) is 2.63. The summed E-state index contributed by atoms with van der Waals surface area (Å²) in [5, 5.41) is 15.4. The number of aliphatic hydroxyl groups is 1. The van der Waals surface area contributed by atoms with Crippen LogP contribution in [0.25, 0.3) is 11.0 Å². The van der Waals surface area contributed by atoms with Crippen LogP contribution in [0.1, 0.15) is 12.1 Å². The van der Waals surface area contributed by atoms with E-state index in [4.69, 9.17) is 5.11 Å². The number of nitrogens with zero attached hydrogens (tertiary/aromatic N) is 2. The van der Waals surface area contributed by atoms with Crippen LogP contribution in [0, 0.1) is 11.8 Å². The molecule has 0 aliphatic carbocycles. The molecule has 0 unspecified atom stereocenters. The first-order valence-electron chi connectivity index (χ1n) is 4.34. The van der Waals surface area contributed by atoms with Crippen LogP contribution in [0.3, 0.4) is 0 Å². The topological polar surface area (TPSA) is 94.7 Å². The maximum atomic E-state index is 11.4. The number of nitrogens with one attached hydrogen (secondary N) is 2. The minimum atomic E-state index is -0.276. The summed E-state index contributed by atoms with van der Waals surface area (Å²) in [6, 6.07) is 0. The maximum Gasteiger partial charge on any atom is 0.263 e. The van der Waals surface area contributed by atoms with E-state index in [0.29, 0.717) is 23.1 Å². The van der Waals surface area contributed by atoms with Gasteiger partial charge in [0.05, 0.1) is 12.9 Å². The second-order valence-electron chi connectivity index (χ2n) is 2.80. The number of aromatic amines is 2. The van der Waals surface area contributed by atoms with Crippen LogP contribution in [0.2, 0.25) is 0 Å². The second kappa shape index (κ2) is 3.94. The summed E-state index contributed by atoms with van der Waals surface area (Å²) in [5.74, 6) is 5.39. The Bertz CT molecular complexity index is 587. The van der Waals surface area contributed by atoms with Crippen molar-refractivity contribution in [1.29, 1.82) is 0 Å². The van der Waals surface area contributed by atoms with Crippen LogP contribution in [-0.4, -0.2) is 31.9 Å². The van der Waals surface area contributed by atoms with E-state index in [1.165, 1.54) is 6.33 Å². The molecule has 0 bridgehead atoms. The van der Waals surface area contributed by atoms with E-state index in [-0.39, 0.29) is 12.2 Å². The van der Waals surface area contributed by atoms with Gasteiger partial charge in [-0.2, -0.15) is 5.10 Å². The predicted molar refractivity (Wildman–Crippen MR) is 53.1 cm³/mol. The second-order valence-corrected chi connectivity index (χ2v) is 2.80. The third-order valence-electron chi connectivity index (χ3n) is 1.81. The lowest BCUT2D eigenvalue weighted by Crippen LogP contribution is -2.05. The van der Waals surface area contributed by atoms with Crippen molar-refractivity contribution in [3.8, 4) is 11.8 Å². The first-order chi connectivity index (χ1) is 7.33. The summed E-state index contributed by atoms with van der Waals surface area (Å²) < 4.78 is 0. The van der Waals surface area contributed by atoms with Crippen molar-refractivity contribution in [2.24, 2.45) is 0 Å². The van der Waals surface area contributed by atoms with E-state index in [0.717, 1.165) is 0 Å². The Kier molecular flexibility index (Phi) is 2.48. The molecular weight excluding hydrogens is 196 g/mol. The molecule has 76 valence electrons. The van der Waals surface area contributed by atoms with Crippen molar-refractivity contribution >= 4 is 11.0 Å². The first-order valence-corrected chi connectivity index (χ1v) is 4.34. The van der Waals surface area contributed by atoms with Crippen LogP contribution >= 0.6 is 0 Å². The molecule has 0 aliphatic heterocycles. The summed E-state index contributed by atoms with van der Waals surface area (Å²) >= 11 is 0. The number of rotatable bonds is 1. The van der Waals surface area contributed by atoms with Gasteiger partial charge in [-0.05, 0) is 5.92 Å². The lowest BCUT2D eigenvalue weighted by molar-refractivity contribution is 0.305. The van der Waals surface area contributed by atoms with Crippen LogP contribution in [0.15, 0.2) is 11.1 Å². The number of hydrogen-bond acceptors (Lipinski definition) is 4. The van der Waals surface area contributed by atoms with Gasteiger partial charge in [0, 0.05) is 6.42 Å². The van der Waals surface area contributed by atoms with Crippen molar-refractivity contribution in [1.82, 2.24) is 20.2 Å². The molecule has 6 heteroatoms. The fourth-order valence-corrected chi connectivity index (χ4v) is 1.16. The molecule has 0 aliphatic rings. The summed E-state index contributed by atoms with van der Waals surface area (Å²) in [6.07, 6.45) is 1.65. The van der Waals surface area contributed by atoms with Gasteiger partial charge in [-0.15, -0.1) is 0 Å². The average molecular weight is 204 g/mol. The molecule has 3 N–H and O–H groups in total. The highest BCUT2D eigenvalue weighted by Gasteiger charge is 2.07. The fraction of sp³-hybridized carbons (Fsp3) is 0.222. The largest absolute Gasteiger partial charge is 0.395 e. The van der Waals surface area contributed by atoms with Crippen LogP contribution < -0.4 is 5.56 Å². The number of H-pyrrole nitrogens is 2. The number of hydrogen-bond donors (Lipinski definition) is 3. The smallest absolute Gasteiger partial charge is 0.263 e. The van der Waals surface area contributed by atoms with Gasteiger partial charge < -0.3 is 10.1 Å². The third kappa shape index (κ3) is 1.73. The lowest BCUT2D eigenvalue weighted by Gasteiger charge is -1.85. The van der Waals surface area contributed by atoms with Crippen LogP contribution in [0.4, 0.5) is 0 Å². The quantitative estimate of drug-likeness (QED) is 0.539. The van der Waals surface area contributed by atoms with Crippen molar-refractivity contribution in [3.63, 3.8) is 0 Å². The Balaban J connectivity index is 2.55.